The first-order valence-corrected chi connectivity index (χ1v) is 8.87. The molecule has 1 N–H and O–H groups in total. The van der Waals surface area contributed by atoms with Crippen LogP contribution in [0.3, 0.4) is 0 Å². The number of ketones is 2. The number of thioether (sulfide) groups is 1. The Bertz CT molecular complexity index is 818. The second kappa shape index (κ2) is 5.59. The summed E-state index contributed by atoms with van der Waals surface area (Å²) in [5.41, 5.74) is -1.54. The van der Waals surface area contributed by atoms with Crippen LogP contribution in [0.25, 0.3) is 5.76 Å². The zero-order chi connectivity index (χ0) is 18.7. The Labute approximate surface area is 146 Å². The molecule has 0 saturated heterocycles. The molecule has 3 rings (SSSR count). The summed E-state index contributed by atoms with van der Waals surface area (Å²) >= 11 is 1.32. The highest BCUT2D eigenvalue weighted by molar-refractivity contribution is 8.00. The molecule has 2 saturated carbocycles. The van der Waals surface area contributed by atoms with Crippen molar-refractivity contribution in [2.45, 2.75) is 31.2 Å². The highest BCUT2D eigenvalue weighted by Crippen LogP contribution is 2.58. The van der Waals surface area contributed by atoms with Gasteiger partial charge in [-0.05, 0) is 44.6 Å². The number of rotatable bonds is 2. The van der Waals surface area contributed by atoms with Crippen LogP contribution in [0.1, 0.15) is 30.3 Å². The summed E-state index contributed by atoms with van der Waals surface area (Å²) in [7, 11) is 0. The van der Waals surface area contributed by atoms with E-state index in [0.29, 0.717) is 6.42 Å². The molecule has 1 aromatic heterocycles. The molecule has 134 valence electrons. The van der Waals surface area contributed by atoms with Crippen molar-refractivity contribution in [1.29, 1.82) is 0 Å². The van der Waals surface area contributed by atoms with Gasteiger partial charge in [0.2, 0.25) is 0 Å². The Morgan fingerprint density at radius 2 is 2.00 bits per heavy atom. The first-order valence-electron chi connectivity index (χ1n) is 7.65. The second-order valence-electron chi connectivity index (χ2n) is 6.50. The number of fused-ring (bicyclic) bond motifs is 1. The first-order chi connectivity index (χ1) is 11.5. The number of nitrogens with zero attached hydrogens (tertiary/aromatic N) is 1. The van der Waals surface area contributed by atoms with Gasteiger partial charge in [0.1, 0.15) is 17.0 Å². The zero-order valence-corrected chi connectivity index (χ0v) is 14.6. The predicted molar refractivity (Wildman–Crippen MR) is 87.1 cm³/mol. The Morgan fingerprint density at radius 1 is 1.36 bits per heavy atom. The summed E-state index contributed by atoms with van der Waals surface area (Å²) in [4.78, 5) is 28.8. The number of carbonyl (C=O) groups excluding carboxylic acids is 2. The predicted octanol–water partition coefficient (Wildman–Crippen LogP) is 3.59. The van der Waals surface area contributed by atoms with Gasteiger partial charge in [0, 0.05) is 17.2 Å². The fraction of sp³-hybridized carbons (Fsp3) is 0.471. The topological polar surface area (TPSA) is 67.3 Å². The maximum Gasteiger partial charge on any atom is 0.433 e. The van der Waals surface area contributed by atoms with Gasteiger partial charge in [-0.15, -0.1) is 0 Å². The standard InChI is InChI=1S/C17H16F3NO3S/c1-7-8(4-5-11(21-7)17(18,19)20)13(22)12-14(23)9-6-10(9)16(2,25-3)15(12)24/h4-5,9-10,22H,6H2,1-3H3/b13-12+. The molecule has 2 aliphatic rings. The van der Waals surface area contributed by atoms with Crippen LogP contribution in [0.5, 0.6) is 0 Å². The molecule has 3 unspecified atom stereocenters. The Morgan fingerprint density at radius 3 is 2.52 bits per heavy atom. The van der Waals surface area contributed by atoms with Gasteiger partial charge in [-0.3, -0.25) is 9.59 Å². The SMILES string of the molecule is CSC1(C)C(=O)/C(=C(/O)c2ccc(C(F)(F)F)nc2C)C(=O)C2CC21. The highest BCUT2D eigenvalue weighted by atomic mass is 32.2. The van der Waals surface area contributed by atoms with Crippen LogP contribution in [0.4, 0.5) is 13.2 Å². The van der Waals surface area contributed by atoms with E-state index in [4.69, 9.17) is 0 Å². The number of aliphatic hydroxyl groups is 1. The molecule has 8 heteroatoms. The number of aromatic nitrogens is 1. The molecule has 2 fully saturated rings. The number of aryl methyl sites for hydroxylation is 1. The average molecular weight is 371 g/mol. The normalized spacial score (nSPS) is 31.0. The third-order valence-electron chi connectivity index (χ3n) is 5.05. The van der Waals surface area contributed by atoms with E-state index in [2.05, 4.69) is 4.98 Å². The lowest BCUT2D eigenvalue weighted by Crippen LogP contribution is -2.43. The van der Waals surface area contributed by atoms with Crippen molar-refractivity contribution in [2.75, 3.05) is 6.26 Å². The Kier molecular flexibility index (Phi) is 4.02. The van der Waals surface area contributed by atoms with Crippen molar-refractivity contribution >= 4 is 29.1 Å². The van der Waals surface area contributed by atoms with Crippen LogP contribution in [-0.2, 0) is 15.8 Å². The third-order valence-corrected chi connectivity index (χ3v) is 6.39. The van der Waals surface area contributed by atoms with Crippen LogP contribution in [-0.4, -0.2) is 32.7 Å². The molecular weight excluding hydrogens is 355 g/mol. The monoisotopic (exact) mass is 371 g/mol. The number of hydrogen-bond donors (Lipinski definition) is 1. The van der Waals surface area contributed by atoms with Gasteiger partial charge in [0.25, 0.3) is 0 Å². The van der Waals surface area contributed by atoms with Gasteiger partial charge < -0.3 is 5.11 Å². The number of alkyl halides is 3. The van der Waals surface area contributed by atoms with Crippen molar-refractivity contribution in [3.63, 3.8) is 0 Å². The molecule has 25 heavy (non-hydrogen) atoms. The van der Waals surface area contributed by atoms with Crippen molar-refractivity contribution in [1.82, 2.24) is 4.98 Å². The van der Waals surface area contributed by atoms with Crippen molar-refractivity contribution in [2.24, 2.45) is 11.8 Å². The van der Waals surface area contributed by atoms with E-state index >= 15 is 0 Å². The quantitative estimate of drug-likeness (QED) is 0.489. The molecule has 2 aliphatic carbocycles. The second-order valence-corrected chi connectivity index (χ2v) is 7.76. The minimum Gasteiger partial charge on any atom is -0.506 e. The van der Waals surface area contributed by atoms with Crippen molar-refractivity contribution in [3.05, 3.63) is 34.7 Å². The van der Waals surface area contributed by atoms with Crippen LogP contribution < -0.4 is 0 Å². The molecule has 4 nitrogen and oxygen atoms in total. The lowest BCUT2D eigenvalue weighted by Gasteiger charge is -2.31. The molecule has 0 amide bonds. The van der Waals surface area contributed by atoms with Gasteiger partial charge in [0.15, 0.2) is 11.6 Å². The fourth-order valence-electron chi connectivity index (χ4n) is 3.38. The minimum atomic E-state index is -4.61. The molecule has 3 atom stereocenters. The van der Waals surface area contributed by atoms with E-state index in [1.165, 1.54) is 18.7 Å². The summed E-state index contributed by atoms with van der Waals surface area (Å²) in [6.07, 6.45) is -2.26. The van der Waals surface area contributed by atoms with Crippen LogP contribution in [0, 0.1) is 18.8 Å². The smallest absolute Gasteiger partial charge is 0.433 e. The maximum absolute atomic E-state index is 12.8. The molecule has 0 aromatic carbocycles. The van der Waals surface area contributed by atoms with Gasteiger partial charge >= 0.3 is 6.18 Å². The fourth-order valence-corrected chi connectivity index (χ4v) is 4.23. The zero-order valence-electron chi connectivity index (χ0n) is 13.8. The molecular formula is C17H16F3NO3S. The minimum absolute atomic E-state index is 0.0350. The van der Waals surface area contributed by atoms with Gasteiger partial charge in [-0.2, -0.15) is 24.9 Å². The Hall–Kier alpha value is -1.83. The van der Waals surface area contributed by atoms with E-state index < -0.39 is 33.9 Å². The summed E-state index contributed by atoms with van der Waals surface area (Å²) in [5, 5.41) is 10.5. The first kappa shape index (κ1) is 18.0. The number of allylic oxidation sites excluding steroid dienone is 1. The van der Waals surface area contributed by atoms with Gasteiger partial charge in [0.05, 0.1) is 4.75 Å². The number of Topliss-reactive ketones (excluding diaryl/α,β-unsaturated/α-hetero) is 2. The number of aliphatic hydroxyl groups excluding tert-OH is 1. The lowest BCUT2D eigenvalue weighted by atomic mass is 9.82. The van der Waals surface area contributed by atoms with Crippen LogP contribution in [0.15, 0.2) is 17.7 Å². The summed E-state index contributed by atoms with van der Waals surface area (Å²) < 4.78 is 37.4. The van der Waals surface area contributed by atoms with E-state index in [0.717, 1.165) is 12.1 Å². The van der Waals surface area contributed by atoms with E-state index in [9.17, 15) is 27.9 Å². The molecule has 0 radical (unpaired) electrons. The number of halogens is 3. The highest BCUT2D eigenvalue weighted by Gasteiger charge is 2.63. The van der Waals surface area contributed by atoms with E-state index in [1.54, 1.807) is 13.2 Å². The number of hydrogen-bond acceptors (Lipinski definition) is 5. The average Bonchev–Trinajstić information content (AvgIpc) is 3.33. The number of pyridine rings is 1. The Balaban J connectivity index is 2.10. The van der Waals surface area contributed by atoms with Crippen molar-refractivity contribution in [3.8, 4) is 0 Å². The summed E-state index contributed by atoms with van der Waals surface area (Å²) in [6.45, 7) is 3.04. The van der Waals surface area contributed by atoms with Gasteiger partial charge in [-0.1, -0.05) is 0 Å². The van der Waals surface area contributed by atoms with Crippen molar-refractivity contribution < 1.29 is 27.9 Å². The maximum atomic E-state index is 12.8. The van der Waals surface area contributed by atoms with Crippen LogP contribution >= 0.6 is 11.8 Å². The third kappa shape index (κ3) is 2.67. The molecule has 0 spiro atoms. The largest absolute Gasteiger partial charge is 0.506 e. The molecule has 1 heterocycles. The molecule has 1 aromatic rings. The summed E-state index contributed by atoms with van der Waals surface area (Å²) in [6, 6.07) is 1.77. The number of carbonyl (C=O) groups is 2. The molecule has 0 aliphatic heterocycles. The van der Waals surface area contributed by atoms with Crippen LogP contribution in [0.2, 0.25) is 0 Å². The van der Waals surface area contributed by atoms with Gasteiger partial charge in [-0.25, -0.2) is 4.98 Å². The summed E-state index contributed by atoms with van der Waals surface area (Å²) in [5.74, 6) is -1.85. The van der Waals surface area contributed by atoms with E-state index in [-0.39, 0.29) is 28.7 Å². The molecule has 0 bridgehead atoms. The van der Waals surface area contributed by atoms with E-state index in [1.807, 2.05) is 0 Å². The lowest BCUT2D eigenvalue weighted by molar-refractivity contribution is -0.141.